The third kappa shape index (κ3) is 5.07. The fourth-order valence-corrected chi connectivity index (χ4v) is 4.91. The van der Waals surface area contributed by atoms with Gasteiger partial charge < -0.3 is 10.0 Å². The molecule has 0 fully saturated rings. The van der Waals surface area contributed by atoms with Crippen molar-refractivity contribution in [1.82, 2.24) is 0 Å². The molecule has 0 bridgehead atoms. The zero-order chi connectivity index (χ0) is 19.5. The van der Waals surface area contributed by atoms with Crippen LogP contribution >= 0.6 is 27.7 Å². The summed E-state index contributed by atoms with van der Waals surface area (Å²) in [6.45, 7) is 3.45. The van der Waals surface area contributed by atoms with Gasteiger partial charge in [0.15, 0.2) is 6.20 Å². The molecular weight excluding hydrogens is 471 g/mol. The first kappa shape index (κ1) is 23.2. The summed E-state index contributed by atoms with van der Waals surface area (Å²) >= 11 is 5.24. The molecule has 6 heteroatoms. The summed E-state index contributed by atoms with van der Waals surface area (Å²) < 4.78 is 3.28. The number of para-hydroxylation sites is 1. The second-order valence-corrected chi connectivity index (χ2v) is 8.49. The quantitative estimate of drug-likeness (QED) is 0.402. The Labute approximate surface area is 227 Å². The van der Waals surface area contributed by atoms with Crippen LogP contribution in [0.4, 0.5) is 5.69 Å². The molecule has 0 amide bonds. The Morgan fingerprint density at radius 3 is 2.79 bits per heavy atom. The molecule has 0 radical (unpaired) electrons. The molecule has 1 aliphatic rings. The summed E-state index contributed by atoms with van der Waals surface area (Å²) in [6, 6.07) is 16.9. The normalized spacial score (nSPS) is 14.6. The van der Waals surface area contributed by atoms with Gasteiger partial charge in [0.2, 0.25) is 5.52 Å². The molecule has 3 aromatic rings. The van der Waals surface area contributed by atoms with E-state index in [1.165, 1.54) is 21.4 Å². The fraction of sp³-hybridized carbons (Fsp3) is 0.174. The Balaban J connectivity index is 0.00000240. The number of thioether (sulfide) groups is 1. The van der Waals surface area contributed by atoms with E-state index in [9.17, 15) is 5.11 Å². The van der Waals surface area contributed by atoms with Crippen molar-refractivity contribution < 1.29 is 61.1 Å². The molecule has 0 atom stereocenters. The summed E-state index contributed by atoms with van der Waals surface area (Å²) in [5, 5.41) is 13.6. The van der Waals surface area contributed by atoms with E-state index in [1.54, 1.807) is 11.8 Å². The number of pyridine rings is 1. The van der Waals surface area contributed by atoms with Crippen molar-refractivity contribution in [2.75, 3.05) is 18.1 Å². The number of aryl methyl sites for hydroxylation is 1. The zero-order valence-electron chi connectivity index (χ0n) is 16.6. The predicted octanol–water partition coefficient (Wildman–Crippen LogP) is 1.74. The largest absolute Gasteiger partial charge is 1.00 e. The molecule has 0 N–H and O–H groups in total. The zero-order valence-corrected chi connectivity index (χ0v) is 22.2. The van der Waals surface area contributed by atoms with Crippen molar-refractivity contribution in [3.8, 4) is 0 Å². The van der Waals surface area contributed by atoms with Gasteiger partial charge in [-0.15, -0.1) is 6.61 Å². The van der Waals surface area contributed by atoms with Crippen LogP contribution in [0.2, 0.25) is 0 Å². The van der Waals surface area contributed by atoms with Crippen LogP contribution in [0.15, 0.2) is 81.3 Å². The second-order valence-electron chi connectivity index (χ2n) is 6.51. The Morgan fingerprint density at radius 2 is 2.00 bits per heavy atom. The minimum absolute atomic E-state index is 0. The van der Waals surface area contributed by atoms with Crippen LogP contribution in [0, 0.1) is 0 Å². The van der Waals surface area contributed by atoms with Crippen LogP contribution in [0.1, 0.15) is 12.5 Å². The van der Waals surface area contributed by atoms with Crippen molar-refractivity contribution in [2.24, 2.45) is 0 Å². The van der Waals surface area contributed by atoms with E-state index >= 15 is 0 Å². The number of hydrogen-bond donors (Lipinski definition) is 0. The summed E-state index contributed by atoms with van der Waals surface area (Å²) in [7, 11) is 0. The number of aromatic nitrogens is 1. The summed E-state index contributed by atoms with van der Waals surface area (Å²) in [6.07, 6.45) is 8.46. The van der Waals surface area contributed by atoms with E-state index in [4.69, 9.17) is 0 Å². The maximum atomic E-state index is 11.3. The van der Waals surface area contributed by atoms with Crippen LogP contribution in [-0.4, -0.2) is 13.2 Å². The average molecular weight is 493 g/mol. The molecule has 0 aliphatic carbocycles. The first-order chi connectivity index (χ1) is 13.7. The number of benzene rings is 2. The van der Waals surface area contributed by atoms with E-state index in [0.29, 0.717) is 6.54 Å². The first-order valence-electron chi connectivity index (χ1n) is 9.34. The van der Waals surface area contributed by atoms with Crippen LogP contribution < -0.4 is 66.0 Å². The maximum Gasteiger partial charge on any atom is 1.00 e. The summed E-state index contributed by atoms with van der Waals surface area (Å²) in [5.74, 6) is 0. The number of halogens is 1. The third-order valence-corrected chi connectivity index (χ3v) is 6.45. The van der Waals surface area contributed by atoms with Crippen LogP contribution in [0.25, 0.3) is 17.0 Å². The van der Waals surface area contributed by atoms with Gasteiger partial charge in [-0.1, -0.05) is 52.0 Å². The SMILES string of the molecule is CC[n+]1ccc(C=CC=C2Sc3ccc(Br)cc3N2CC[O-])c2ccccc21.[K+]. The molecule has 0 saturated carbocycles. The van der Waals surface area contributed by atoms with E-state index in [2.05, 4.69) is 99.2 Å². The topological polar surface area (TPSA) is 30.2 Å². The smallest absolute Gasteiger partial charge is 0.853 e. The van der Waals surface area contributed by atoms with E-state index in [0.717, 1.165) is 21.7 Å². The number of nitrogens with zero attached hydrogens (tertiary/aromatic N) is 2. The number of allylic oxidation sites excluding steroid dienone is 2. The minimum Gasteiger partial charge on any atom is -0.853 e. The molecule has 1 aliphatic heterocycles. The summed E-state index contributed by atoms with van der Waals surface area (Å²) in [5.41, 5.74) is 3.53. The van der Waals surface area contributed by atoms with E-state index < -0.39 is 0 Å². The van der Waals surface area contributed by atoms with Crippen LogP contribution in [-0.2, 0) is 6.54 Å². The minimum atomic E-state index is -0.131. The first-order valence-corrected chi connectivity index (χ1v) is 10.9. The van der Waals surface area contributed by atoms with Crippen molar-refractivity contribution in [2.45, 2.75) is 18.4 Å². The number of fused-ring (bicyclic) bond motifs is 2. The van der Waals surface area contributed by atoms with Gasteiger partial charge in [-0.3, -0.25) is 0 Å². The van der Waals surface area contributed by atoms with Crippen molar-refractivity contribution in [1.29, 1.82) is 0 Å². The molecule has 29 heavy (non-hydrogen) atoms. The molecule has 142 valence electrons. The Kier molecular flexibility index (Phi) is 8.59. The molecule has 4 rings (SSSR count). The molecular formula is C23H21BrKN2OS+. The van der Waals surface area contributed by atoms with E-state index in [1.807, 2.05) is 6.07 Å². The molecule has 3 nitrogen and oxygen atoms in total. The third-order valence-electron chi connectivity index (χ3n) is 4.82. The van der Waals surface area contributed by atoms with Crippen molar-refractivity contribution in [3.05, 3.63) is 81.9 Å². The fourth-order valence-electron chi connectivity index (χ4n) is 3.48. The number of rotatable bonds is 5. The van der Waals surface area contributed by atoms with Gasteiger partial charge in [0.1, 0.15) is 6.54 Å². The Bertz CT molecular complexity index is 1080. The maximum absolute atomic E-state index is 11.3. The van der Waals surface area contributed by atoms with Gasteiger partial charge in [0.25, 0.3) is 0 Å². The Morgan fingerprint density at radius 1 is 1.17 bits per heavy atom. The number of anilines is 1. The molecule has 0 spiro atoms. The molecule has 2 heterocycles. The van der Waals surface area contributed by atoms with Gasteiger partial charge in [0, 0.05) is 28.0 Å². The molecule has 2 aromatic carbocycles. The Hall–Kier alpha value is -0.444. The number of hydrogen-bond acceptors (Lipinski definition) is 3. The standard InChI is InChI=1S/C23H21BrN2OS.K/c1-2-25-13-12-17(19-7-3-4-8-20(19)25)6-5-9-23-26(14-15-27)21-16-18(24)10-11-22(21)28-23;/h3-13,16H,2,14-15H2,1H3;/q;+1. The van der Waals surface area contributed by atoms with Gasteiger partial charge in [-0.25, -0.2) is 0 Å². The van der Waals surface area contributed by atoms with Gasteiger partial charge in [0.05, 0.1) is 16.1 Å². The van der Waals surface area contributed by atoms with Crippen molar-refractivity contribution in [3.63, 3.8) is 0 Å². The second kappa shape index (κ2) is 10.7. The van der Waals surface area contributed by atoms with Gasteiger partial charge >= 0.3 is 51.4 Å². The average Bonchev–Trinajstić information content (AvgIpc) is 3.05. The molecule has 0 saturated heterocycles. The van der Waals surface area contributed by atoms with Crippen molar-refractivity contribution >= 4 is 50.4 Å². The van der Waals surface area contributed by atoms with Crippen LogP contribution in [0.3, 0.4) is 0 Å². The molecule has 1 aromatic heterocycles. The molecule has 0 unspecified atom stereocenters. The monoisotopic (exact) mass is 491 g/mol. The van der Waals surface area contributed by atoms with E-state index in [-0.39, 0.29) is 58.0 Å². The predicted molar refractivity (Wildman–Crippen MR) is 119 cm³/mol. The van der Waals surface area contributed by atoms with Gasteiger partial charge in [-0.05, 0) is 42.8 Å². The van der Waals surface area contributed by atoms with Gasteiger partial charge in [-0.2, -0.15) is 4.57 Å². The van der Waals surface area contributed by atoms with Crippen LogP contribution in [0.5, 0.6) is 0 Å². The summed E-state index contributed by atoms with van der Waals surface area (Å²) in [4.78, 5) is 3.29.